The topological polar surface area (TPSA) is 229 Å². The van der Waals surface area contributed by atoms with Crippen LogP contribution in [-0.2, 0) is 35.1 Å². The average molecular weight is 704 g/mol. The number of aliphatic hydroxyl groups excluding tert-OH is 4. The third kappa shape index (κ3) is 16.4. The number of nitrogens with two attached hydrogens (primary N) is 1. The molecule has 16 heteroatoms. The minimum absolute atomic E-state index is 0.0683. The summed E-state index contributed by atoms with van der Waals surface area (Å²) in [6.07, 6.45) is 6.58. The molecule has 7 atom stereocenters. The Kier molecular flexibility index (Phi) is 20.8. The molecule has 1 aromatic heterocycles. The van der Waals surface area contributed by atoms with Crippen LogP contribution in [0.1, 0.15) is 104 Å². The number of ether oxygens (including phenoxy) is 3. The van der Waals surface area contributed by atoms with E-state index in [-0.39, 0.29) is 48.8 Å². The maximum absolute atomic E-state index is 12.7. The molecule has 1 fully saturated rings. The lowest BCUT2D eigenvalue weighted by Gasteiger charge is -2.20. The molecule has 0 aliphatic carbocycles. The number of hydrogen-bond acceptors (Lipinski definition) is 14. The van der Waals surface area contributed by atoms with Gasteiger partial charge in [-0.05, 0) is 12.8 Å². The third-order valence-corrected chi connectivity index (χ3v) is 9.16. The Morgan fingerprint density at radius 1 is 0.938 bits per heavy atom. The molecule has 0 saturated carbocycles. The van der Waals surface area contributed by atoms with E-state index in [1.54, 1.807) is 0 Å². The van der Waals surface area contributed by atoms with E-state index in [2.05, 4.69) is 29.5 Å². The van der Waals surface area contributed by atoms with E-state index >= 15 is 0 Å². The number of amides is 1. The van der Waals surface area contributed by atoms with Gasteiger partial charge in [0.1, 0.15) is 37.1 Å². The lowest BCUT2D eigenvalue weighted by molar-refractivity contribution is -0.157. The molecule has 2 rings (SSSR count). The van der Waals surface area contributed by atoms with Crippen molar-refractivity contribution in [3.05, 3.63) is 6.20 Å². The number of nitrogens with zero attached hydrogens (tertiary/aromatic N) is 3. The van der Waals surface area contributed by atoms with E-state index in [4.69, 9.17) is 19.9 Å². The summed E-state index contributed by atoms with van der Waals surface area (Å²) in [5.41, 5.74) is 6.09. The van der Waals surface area contributed by atoms with Crippen molar-refractivity contribution >= 4 is 35.4 Å². The Labute approximate surface area is 287 Å². The smallest absolute Gasteiger partial charge is 0.306 e. The molecule has 1 aromatic rings. The van der Waals surface area contributed by atoms with Gasteiger partial charge in [0.15, 0.2) is 12.1 Å². The number of aliphatic hydroxyl groups is 4. The van der Waals surface area contributed by atoms with Crippen molar-refractivity contribution in [3.63, 3.8) is 0 Å². The van der Waals surface area contributed by atoms with Crippen LogP contribution < -0.4 is 11.1 Å². The molecule has 1 aliphatic rings. The molecular formula is C32H57N5O10S. The van der Waals surface area contributed by atoms with Crippen molar-refractivity contribution < 1.29 is 49.0 Å². The van der Waals surface area contributed by atoms with Gasteiger partial charge in [-0.3, -0.25) is 14.4 Å². The molecule has 15 nitrogen and oxygen atoms in total. The zero-order valence-electron chi connectivity index (χ0n) is 28.4. The fraction of sp³-hybridized carbons (Fsp3) is 0.844. The average Bonchev–Trinajstić information content (AvgIpc) is 3.61. The fourth-order valence-electron chi connectivity index (χ4n) is 5.08. The highest BCUT2D eigenvalue weighted by Crippen LogP contribution is 2.23. The van der Waals surface area contributed by atoms with Gasteiger partial charge < -0.3 is 45.7 Å². The van der Waals surface area contributed by atoms with Crippen molar-refractivity contribution in [2.24, 2.45) is 5.73 Å². The maximum atomic E-state index is 12.7. The maximum Gasteiger partial charge on any atom is 0.306 e. The molecule has 1 aliphatic heterocycles. The highest BCUT2D eigenvalue weighted by molar-refractivity contribution is 7.99. The van der Waals surface area contributed by atoms with E-state index in [9.17, 15) is 34.8 Å². The van der Waals surface area contributed by atoms with Crippen LogP contribution in [0.25, 0.3) is 0 Å². The van der Waals surface area contributed by atoms with Gasteiger partial charge in [0.25, 0.3) is 0 Å². The van der Waals surface area contributed by atoms with Gasteiger partial charge in [0.2, 0.25) is 5.91 Å². The number of aromatic nitrogens is 3. The Morgan fingerprint density at radius 3 is 2.15 bits per heavy atom. The number of carbonyl (C=O) groups is 3. The van der Waals surface area contributed by atoms with E-state index < -0.39 is 48.8 Å². The first-order valence-electron chi connectivity index (χ1n) is 17.3. The Morgan fingerprint density at radius 2 is 1.54 bits per heavy atom. The van der Waals surface area contributed by atoms with Crippen LogP contribution in [0.4, 0.5) is 5.82 Å². The van der Waals surface area contributed by atoms with Crippen molar-refractivity contribution in [2.45, 2.75) is 153 Å². The zero-order chi connectivity index (χ0) is 35.3. The molecule has 1 amide bonds. The molecule has 7 N–H and O–H groups in total. The van der Waals surface area contributed by atoms with Crippen molar-refractivity contribution in [1.29, 1.82) is 0 Å². The van der Waals surface area contributed by atoms with Gasteiger partial charge >= 0.3 is 11.9 Å². The van der Waals surface area contributed by atoms with Gasteiger partial charge in [-0.1, -0.05) is 83.3 Å². The quantitative estimate of drug-likeness (QED) is 0.0600. The van der Waals surface area contributed by atoms with Crippen molar-refractivity contribution in [1.82, 2.24) is 15.0 Å². The largest absolute Gasteiger partial charge is 0.462 e. The molecule has 0 aromatic carbocycles. The fourth-order valence-corrected chi connectivity index (χ4v) is 6.05. The second kappa shape index (κ2) is 23.9. The second-order valence-corrected chi connectivity index (χ2v) is 13.4. The summed E-state index contributed by atoms with van der Waals surface area (Å²) < 4.78 is 17.3. The number of anilines is 1. The number of esters is 2. The molecule has 2 heterocycles. The molecule has 48 heavy (non-hydrogen) atoms. The normalized spacial score (nSPS) is 21.1. The highest BCUT2D eigenvalue weighted by Gasteiger charge is 2.45. The molecule has 0 bridgehead atoms. The van der Waals surface area contributed by atoms with Crippen LogP contribution in [0.3, 0.4) is 0 Å². The number of thioether (sulfide) groups is 1. The third-order valence-electron chi connectivity index (χ3n) is 7.95. The Hall–Kier alpha value is -2.34. The summed E-state index contributed by atoms with van der Waals surface area (Å²) in [7, 11) is 0. The first-order chi connectivity index (χ1) is 23.0. The summed E-state index contributed by atoms with van der Waals surface area (Å²) in [6.45, 7) is 4.04. The number of nitrogens with one attached hydrogen (secondary N) is 1. The van der Waals surface area contributed by atoms with Crippen LogP contribution in [0.5, 0.6) is 0 Å². The van der Waals surface area contributed by atoms with Crippen LogP contribution in [0.15, 0.2) is 6.20 Å². The second-order valence-electron chi connectivity index (χ2n) is 12.3. The predicted molar refractivity (Wildman–Crippen MR) is 180 cm³/mol. The zero-order valence-corrected chi connectivity index (χ0v) is 29.2. The van der Waals surface area contributed by atoms with Gasteiger partial charge in [-0.2, -0.15) is 11.8 Å². The SMILES string of the molecule is CCCCCCCCC(=O)OC[C@H](CSC[C@@H](N)C(=O)Nc1cn(C[C@H](O)C2OC(O)[C@@H](O)[C@@H]2O)nn1)OC(=O)CCCCCCCC. The monoisotopic (exact) mass is 703 g/mol. The Balaban J connectivity index is 1.79. The summed E-state index contributed by atoms with van der Waals surface area (Å²) in [5, 5.41) is 49.6. The van der Waals surface area contributed by atoms with Crippen LogP contribution in [0.2, 0.25) is 0 Å². The number of hydrogen-bond donors (Lipinski definition) is 6. The van der Waals surface area contributed by atoms with Crippen LogP contribution >= 0.6 is 11.8 Å². The summed E-state index contributed by atoms with van der Waals surface area (Å²) in [4.78, 5) is 37.6. The lowest BCUT2D eigenvalue weighted by atomic mass is 10.1. The number of rotatable bonds is 26. The van der Waals surface area contributed by atoms with Crippen molar-refractivity contribution in [3.8, 4) is 0 Å². The summed E-state index contributed by atoms with van der Waals surface area (Å²) in [5.74, 6) is -0.694. The molecule has 2 unspecified atom stereocenters. The molecule has 276 valence electrons. The number of unbranched alkanes of at least 4 members (excludes halogenated alkanes) is 10. The Bertz CT molecular complexity index is 1070. The van der Waals surface area contributed by atoms with E-state index in [0.717, 1.165) is 64.2 Å². The molecule has 0 radical (unpaired) electrons. The summed E-state index contributed by atoms with van der Waals surface area (Å²) in [6, 6.07) is -0.953. The van der Waals surface area contributed by atoms with E-state index in [1.807, 2.05) is 0 Å². The molecule has 0 spiro atoms. The summed E-state index contributed by atoms with van der Waals surface area (Å²) >= 11 is 1.29. The van der Waals surface area contributed by atoms with Crippen LogP contribution in [0, 0.1) is 0 Å². The molecular weight excluding hydrogens is 646 g/mol. The lowest BCUT2D eigenvalue weighted by Crippen LogP contribution is -2.40. The molecule has 1 saturated heterocycles. The van der Waals surface area contributed by atoms with Crippen molar-refractivity contribution in [2.75, 3.05) is 23.4 Å². The predicted octanol–water partition coefficient (Wildman–Crippen LogP) is 2.03. The highest BCUT2D eigenvalue weighted by atomic mass is 32.2. The van der Waals surface area contributed by atoms with Gasteiger partial charge in [-0.15, -0.1) is 5.10 Å². The standard InChI is InChI=1S/C32H57N5O10S/c1-3-5-7-9-11-13-15-26(39)45-19-22(46-27(40)16-14-12-10-8-6-4-2)20-48-21-23(33)31(43)34-25-18-37(36-35-25)17-24(38)30-28(41)29(42)32(44)47-30/h18,22-24,28-30,32,38,41-42,44H,3-17,19-21,33H2,1-2H3,(H,34,43)/t22-,23-,24+,28+,29+,30?,32?/m1/s1. The van der Waals surface area contributed by atoms with E-state index in [1.165, 1.54) is 35.5 Å². The van der Waals surface area contributed by atoms with Gasteiger partial charge in [-0.25, -0.2) is 4.68 Å². The van der Waals surface area contributed by atoms with Crippen LogP contribution in [-0.4, -0.2) is 114 Å². The number of carbonyl (C=O) groups excluding carboxylic acids is 3. The minimum atomic E-state index is -1.62. The van der Waals surface area contributed by atoms with E-state index in [0.29, 0.717) is 6.42 Å². The first-order valence-corrected chi connectivity index (χ1v) is 18.5. The minimum Gasteiger partial charge on any atom is -0.462 e. The van der Waals surface area contributed by atoms with Gasteiger partial charge in [0, 0.05) is 24.3 Å². The van der Waals surface area contributed by atoms with Gasteiger partial charge in [0.05, 0.1) is 18.8 Å². The first kappa shape index (κ1) is 41.8.